The van der Waals surface area contributed by atoms with Crippen LogP contribution >= 0.6 is 11.3 Å². The van der Waals surface area contributed by atoms with E-state index in [2.05, 4.69) is 50.9 Å². The molecule has 1 N–H and O–H groups in total. The quantitative estimate of drug-likeness (QED) is 0.903. The van der Waals surface area contributed by atoms with E-state index in [-0.39, 0.29) is 5.60 Å². The van der Waals surface area contributed by atoms with Gasteiger partial charge in [-0.1, -0.05) is 13.8 Å². The molecule has 0 saturated carbocycles. The average Bonchev–Trinajstić information content (AvgIpc) is 2.66. The number of ether oxygens (including phenoxy) is 1. The number of hydrogen-bond donors (Lipinski definition) is 1. The predicted octanol–water partition coefficient (Wildman–Crippen LogP) is 3.17. The molecule has 114 valence electrons. The Kier molecular flexibility index (Phi) is 5.24. The van der Waals surface area contributed by atoms with Gasteiger partial charge in [-0.3, -0.25) is 4.90 Å². The fourth-order valence-electron chi connectivity index (χ4n) is 2.63. The van der Waals surface area contributed by atoms with Crippen molar-refractivity contribution in [2.24, 2.45) is 0 Å². The fraction of sp³-hybridized carbons (Fsp3) is 0.750. The normalized spacial score (nSPS) is 19.7. The molecule has 1 aromatic heterocycles. The molecule has 0 atom stereocenters. The molecule has 4 heteroatoms. The van der Waals surface area contributed by atoms with Crippen molar-refractivity contribution in [3.8, 4) is 0 Å². The van der Waals surface area contributed by atoms with Crippen molar-refractivity contribution in [1.29, 1.82) is 0 Å². The Morgan fingerprint density at radius 3 is 2.85 bits per heavy atom. The van der Waals surface area contributed by atoms with Gasteiger partial charge in [0.25, 0.3) is 0 Å². The van der Waals surface area contributed by atoms with Gasteiger partial charge in [0.1, 0.15) is 0 Å². The van der Waals surface area contributed by atoms with Crippen LogP contribution in [0.3, 0.4) is 0 Å². The van der Waals surface area contributed by atoms with Gasteiger partial charge in [-0.2, -0.15) is 0 Å². The number of nitrogens with one attached hydrogen (secondary N) is 1. The lowest BCUT2D eigenvalue weighted by Gasteiger charge is -2.38. The molecule has 3 nitrogen and oxygen atoms in total. The van der Waals surface area contributed by atoms with Crippen molar-refractivity contribution in [3.63, 3.8) is 0 Å². The molecule has 0 aromatic carbocycles. The second kappa shape index (κ2) is 6.56. The van der Waals surface area contributed by atoms with Gasteiger partial charge in [-0.05, 0) is 32.4 Å². The summed E-state index contributed by atoms with van der Waals surface area (Å²) in [6.45, 7) is 15.9. The molecule has 1 aromatic rings. The van der Waals surface area contributed by atoms with E-state index in [0.29, 0.717) is 6.04 Å². The summed E-state index contributed by atoms with van der Waals surface area (Å²) in [5, 5.41) is 3.50. The lowest BCUT2D eigenvalue weighted by Crippen LogP contribution is -2.47. The zero-order valence-electron chi connectivity index (χ0n) is 13.5. The van der Waals surface area contributed by atoms with Gasteiger partial charge in [-0.15, -0.1) is 11.3 Å². The van der Waals surface area contributed by atoms with Gasteiger partial charge in [0.2, 0.25) is 0 Å². The summed E-state index contributed by atoms with van der Waals surface area (Å²) in [6, 6.07) is 2.92. The average molecular weight is 296 g/mol. The molecule has 0 radical (unpaired) electrons. The van der Waals surface area contributed by atoms with Crippen LogP contribution < -0.4 is 5.32 Å². The SMILES string of the molecule is Cc1sc(CNC(C)C)cc1CN1CCOC(C)(C)C1. The zero-order valence-corrected chi connectivity index (χ0v) is 14.3. The van der Waals surface area contributed by atoms with Gasteiger partial charge in [0, 0.05) is 42.0 Å². The molecule has 0 unspecified atom stereocenters. The lowest BCUT2D eigenvalue weighted by atomic mass is 10.1. The smallest absolute Gasteiger partial charge is 0.0753 e. The predicted molar refractivity (Wildman–Crippen MR) is 86.3 cm³/mol. The van der Waals surface area contributed by atoms with Crippen LogP contribution in [0, 0.1) is 6.92 Å². The summed E-state index contributed by atoms with van der Waals surface area (Å²) in [5.74, 6) is 0. The Bertz CT molecular complexity index is 440. The molecule has 0 aliphatic carbocycles. The molecule has 1 aliphatic rings. The minimum atomic E-state index is -0.00972. The van der Waals surface area contributed by atoms with E-state index in [9.17, 15) is 0 Å². The first-order valence-corrected chi connectivity index (χ1v) is 8.35. The zero-order chi connectivity index (χ0) is 14.8. The van der Waals surface area contributed by atoms with E-state index in [1.165, 1.54) is 15.3 Å². The highest BCUT2D eigenvalue weighted by atomic mass is 32.1. The van der Waals surface area contributed by atoms with Crippen LogP contribution in [0.5, 0.6) is 0 Å². The van der Waals surface area contributed by atoms with Crippen molar-refractivity contribution in [1.82, 2.24) is 10.2 Å². The van der Waals surface area contributed by atoms with Crippen LogP contribution in [-0.4, -0.2) is 36.2 Å². The minimum absolute atomic E-state index is 0.00972. The minimum Gasteiger partial charge on any atom is -0.373 e. The summed E-state index contributed by atoms with van der Waals surface area (Å²) < 4.78 is 5.78. The van der Waals surface area contributed by atoms with Crippen LogP contribution in [0.25, 0.3) is 0 Å². The van der Waals surface area contributed by atoms with Gasteiger partial charge < -0.3 is 10.1 Å². The van der Waals surface area contributed by atoms with Crippen LogP contribution in [-0.2, 0) is 17.8 Å². The van der Waals surface area contributed by atoms with E-state index >= 15 is 0 Å². The largest absolute Gasteiger partial charge is 0.373 e. The van der Waals surface area contributed by atoms with Crippen LogP contribution in [0.1, 0.15) is 43.0 Å². The first-order valence-electron chi connectivity index (χ1n) is 7.53. The summed E-state index contributed by atoms with van der Waals surface area (Å²) in [5.41, 5.74) is 1.47. The van der Waals surface area contributed by atoms with Crippen molar-refractivity contribution in [3.05, 3.63) is 21.4 Å². The van der Waals surface area contributed by atoms with E-state index in [0.717, 1.165) is 32.8 Å². The summed E-state index contributed by atoms with van der Waals surface area (Å²) in [6.07, 6.45) is 0. The maximum atomic E-state index is 5.78. The second-order valence-electron chi connectivity index (χ2n) is 6.65. The number of morpholine rings is 1. The molecule has 20 heavy (non-hydrogen) atoms. The number of hydrogen-bond acceptors (Lipinski definition) is 4. The molecule has 2 rings (SSSR count). The van der Waals surface area contributed by atoms with Gasteiger partial charge in [0.05, 0.1) is 12.2 Å². The maximum Gasteiger partial charge on any atom is 0.0753 e. The monoisotopic (exact) mass is 296 g/mol. The molecular formula is C16H28N2OS. The third-order valence-electron chi connectivity index (χ3n) is 3.65. The fourth-order valence-corrected chi connectivity index (χ4v) is 3.63. The van der Waals surface area contributed by atoms with Crippen molar-refractivity contribution >= 4 is 11.3 Å². The summed E-state index contributed by atoms with van der Waals surface area (Å²) >= 11 is 1.92. The third-order valence-corrected chi connectivity index (χ3v) is 4.75. The number of thiophene rings is 1. The standard InChI is InChI=1S/C16H28N2OS/c1-12(2)17-9-15-8-14(13(3)20-15)10-18-6-7-19-16(4,5)11-18/h8,12,17H,6-7,9-11H2,1-5H3. The Labute approximate surface area is 127 Å². The Hall–Kier alpha value is -0.420. The Morgan fingerprint density at radius 1 is 1.45 bits per heavy atom. The first-order chi connectivity index (χ1) is 9.35. The molecule has 0 amide bonds. The third kappa shape index (κ3) is 4.55. The lowest BCUT2D eigenvalue weighted by molar-refractivity contribution is -0.0882. The van der Waals surface area contributed by atoms with Gasteiger partial charge in [0.15, 0.2) is 0 Å². The second-order valence-corrected chi connectivity index (χ2v) is 7.99. The molecule has 1 saturated heterocycles. The van der Waals surface area contributed by atoms with Crippen LogP contribution in [0.2, 0.25) is 0 Å². The summed E-state index contributed by atoms with van der Waals surface area (Å²) in [7, 11) is 0. The molecule has 2 heterocycles. The van der Waals surface area contributed by atoms with Crippen molar-refractivity contribution in [2.45, 2.75) is 59.4 Å². The van der Waals surface area contributed by atoms with Crippen molar-refractivity contribution < 1.29 is 4.74 Å². The van der Waals surface area contributed by atoms with Gasteiger partial charge in [-0.25, -0.2) is 0 Å². The number of rotatable bonds is 5. The molecule has 1 aliphatic heterocycles. The molecule has 0 spiro atoms. The summed E-state index contributed by atoms with van der Waals surface area (Å²) in [4.78, 5) is 5.41. The Balaban J connectivity index is 1.95. The first kappa shape index (κ1) is 16.0. The highest BCUT2D eigenvalue weighted by Crippen LogP contribution is 2.25. The van der Waals surface area contributed by atoms with E-state index in [4.69, 9.17) is 4.74 Å². The van der Waals surface area contributed by atoms with E-state index in [1.807, 2.05) is 11.3 Å². The van der Waals surface area contributed by atoms with E-state index < -0.39 is 0 Å². The molecule has 1 fully saturated rings. The maximum absolute atomic E-state index is 5.78. The highest BCUT2D eigenvalue weighted by molar-refractivity contribution is 7.12. The number of nitrogens with zero attached hydrogens (tertiary/aromatic N) is 1. The van der Waals surface area contributed by atoms with Crippen molar-refractivity contribution in [2.75, 3.05) is 19.7 Å². The van der Waals surface area contributed by atoms with E-state index in [1.54, 1.807) is 0 Å². The van der Waals surface area contributed by atoms with Gasteiger partial charge >= 0.3 is 0 Å². The molecular weight excluding hydrogens is 268 g/mol. The number of aryl methyl sites for hydroxylation is 1. The van der Waals surface area contributed by atoms with Crippen LogP contribution in [0.4, 0.5) is 0 Å². The molecule has 0 bridgehead atoms. The topological polar surface area (TPSA) is 24.5 Å². The van der Waals surface area contributed by atoms with Crippen LogP contribution in [0.15, 0.2) is 6.07 Å². The highest BCUT2D eigenvalue weighted by Gasteiger charge is 2.27. The Morgan fingerprint density at radius 2 is 2.20 bits per heavy atom.